The molecule has 0 saturated carbocycles. The molecule has 0 aliphatic carbocycles. The summed E-state index contributed by atoms with van der Waals surface area (Å²) in [6.07, 6.45) is 2.30. The van der Waals surface area contributed by atoms with Crippen LogP contribution in [0.1, 0.15) is 36.1 Å². The minimum atomic E-state index is -0.376. The minimum Gasteiger partial charge on any atom is -0.342 e. The van der Waals surface area contributed by atoms with Crippen LogP contribution in [0.25, 0.3) is 0 Å². The van der Waals surface area contributed by atoms with Gasteiger partial charge < -0.3 is 9.84 Å². The van der Waals surface area contributed by atoms with Gasteiger partial charge in [0.05, 0.1) is 11.6 Å². The van der Waals surface area contributed by atoms with Crippen molar-refractivity contribution in [2.24, 2.45) is 13.0 Å². The number of nitrogens with one attached hydrogen (secondary N) is 1. The Labute approximate surface area is 121 Å². The number of hydrogen-bond donors (Lipinski definition) is 1. The monoisotopic (exact) mass is 297 g/mol. The van der Waals surface area contributed by atoms with Crippen molar-refractivity contribution in [1.82, 2.24) is 25.2 Å². The van der Waals surface area contributed by atoms with E-state index in [4.69, 9.17) is 16.1 Å². The fourth-order valence-corrected chi connectivity index (χ4v) is 1.93. The summed E-state index contributed by atoms with van der Waals surface area (Å²) in [5, 5.41) is 10.8. The summed E-state index contributed by atoms with van der Waals surface area (Å²) in [4.78, 5) is 16.1. The molecule has 1 N–H and O–H groups in total. The van der Waals surface area contributed by atoms with Crippen LogP contribution in [0.15, 0.2) is 10.7 Å². The topological polar surface area (TPSA) is 85.8 Å². The van der Waals surface area contributed by atoms with Gasteiger partial charge in [0, 0.05) is 19.7 Å². The van der Waals surface area contributed by atoms with Crippen LogP contribution in [-0.2, 0) is 20.0 Å². The van der Waals surface area contributed by atoms with E-state index in [2.05, 4.69) is 34.4 Å². The molecule has 7 nitrogen and oxygen atoms in total. The standard InChI is InChI=1S/C12H16ClN5O2/c1-7(2)4-9-15-10(20-17-9)5-14-12(19)11-8(13)6-18(3)16-11/h6-7H,4-5H2,1-3H3,(H,14,19). The SMILES string of the molecule is CC(C)Cc1noc(CNC(=O)c2nn(C)cc2Cl)n1. The molecule has 2 rings (SSSR count). The summed E-state index contributed by atoms with van der Waals surface area (Å²) in [7, 11) is 1.69. The van der Waals surface area contributed by atoms with Crippen LogP contribution in [0.4, 0.5) is 0 Å². The van der Waals surface area contributed by atoms with E-state index in [1.807, 2.05) is 0 Å². The normalized spacial score (nSPS) is 11.1. The van der Waals surface area contributed by atoms with Gasteiger partial charge in [-0.05, 0) is 5.92 Å². The molecule has 0 spiro atoms. The molecule has 8 heteroatoms. The maximum absolute atomic E-state index is 11.9. The Kier molecular flexibility index (Phi) is 4.39. The predicted molar refractivity (Wildman–Crippen MR) is 72.2 cm³/mol. The first-order valence-electron chi connectivity index (χ1n) is 6.24. The van der Waals surface area contributed by atoms with E-state index >= 15 is 0 Å². The quantitative estimate of drug-likeness (QED) is 0.905. The highest BCUT2D eigenvalue weighted by atomic mass is 35.5. The van der Waals surface area contributed by atoms with E-state index in [-0.39, 0.29) is 18.1 Å². The van der Waals surface area contributed by atoms with Crippen LogP contribution in [0.5, 0.6) is 0 Å². The molecule has 0 aromatic carbocycles. The largest absolute Gasteiger partial charge is 0.342 e. The molecule has 108 valence electrons. The fraction of sp³-hybridized carbons (Fsp3) is 0.500. The van der Waals surface area contributed by atoms with Crippen LogP contribution in [0, 0.1) is 5.92 Å². The van der Waals surface area contributed by atoms with Gasteiger partial charge in [-0.25, -0.2) is 0 Å². The molecule has 0 radical (unpaired) electrons. The highest BCUT2D eigenvalue weighted by Crippen LogP contribution is 2.13. The molecule has 0 unspecified atom stereocenters. The number of carbonyl (C=O) groups excluding carboxylic acids is 1. The summed E-state index contributed by atoms with van der Waals surface area (Å²) >= 11 is 5.89. The maximum atomic E-state index is 11.9. The summed E-state index contributed by atoms with van der Waals surface area (Å²) in [6, 6.07) is 0. The first kappa shape index (κ1) is 14.5. The van der Waals surface area contributed by atoms with Gasteiger partial charge in [0.25, 0.3) is 5.91 Å². The number of aryl methyl sites for hydroxylation is 1. The lowest BCUT2D eigenvalue weighted by Gasteiger charge is -1.99. The van der Waals surface area contributed by atoms with E-state index in [1.54, 1.807) is 13.2 Å². The summed E-state index contributed by atoms with van der Waals surface area (Å²) in [6.45, 7) is 4.29. The van der Waals surface area contributed by atoms with Crippen molar-refractivity contribution in [2.75, 3.05) is 0 Å². The molecule has 0 aliphatic rings. The second-order valence-corrected chi connectivity index (χ2v) is 5.29. The van der Waals surface area contributed by atoms with E-state index in [0.29, 0.717) is 22.7 Å². The summed E-state index contributed by atoms with van der Waals surface area (Å²) < 4.78 is 6.53. The summed E-state index contributed by atoms with van der Waals surface area (Å²) in [5.41, 5.74) is 0.177. The Balaban J connectivity index is 1.93. The maximum Gasteiger partial charge on any atom is 0.273 e. The zero-order chi connectivity index (χ0) is 14.7. The number of halogens is 1. The predicted octanol–water partition coefficient (Wildman–Crippen LogP) is 1.58. The van der Waals surface area contributed by atoms with Gasteiger partial charge >= 0.3 is 0 Å². The van der Waals surface area contributed by atoms with Gasteiger partial charge in [0.1, 0.15) is 0 Å². The molecule has 0 saturated heterocycles. The van der Waals surface area contributed by atoms with E-state index in [1.165, 1.54) is 4.68 Å². The second kappa shape index (κ2) is 6.04. The number of nitrogens with zero attached hydrogens (tertiary/aromatic N) is 4. The van der Waals surface area contributed by atoms with E-state index in [0.717, 1.165) is 6.42 Å². The lowest BCUT2D eigenvalue weighted by atomic mass is 10.1. The molecule has 2 aromatic rings. The Morgan fingerprint density at radius 3 is 2.90 bits per heavy atom. The van der Waals surface area contributed by atoms with Crippen molar-refractivity contribution in [1.29, 1.82) is 0 Å². The second-order valence-electron chi connectivity index (χ2n) is 4.88. The minimum absolute atomic E-state index is 0.150. The van der Waals surface area contributed by atoms with Crippen molar-refractivity contribution < 1.29 is 9.32 Å². The number of rotatable bonds is 5. The van der Waals surface area contributed by atoms with Gasteiger partial charge in [-0.1, -0.05) is 30.6 Å². The highest BCUT2D eigenvalue weighted by molar-refractivity contribution is 6.33. The van der Waals surface area contributed by atoms with E-state index < -0.39 is 0 Å². The molecule has 1 amide bonds. The first-order chi connectivity index (χ1) is 9.45. The van der Waals surface area contributed by atoms with Gasteiger partial charge in [0.15, 0.2) is 11.5 Å². The zero-order valence-corrected chi connectivity index (χ0v) is 12.3. The third kappa shape index (κ3) is 3.57. The van der Waals surface area contributed by atoms with Gasteiger partial charge in [-0.3, -0.25) is 9.48 Å². The van der Waals surface area contributed by atoms with Gasteiger partial charge in [0.2, 0.25) is 5.89 Å². The molecular weight excluding hydrogens is 282 g/mol. The Morgan fingerprint density at radius 2 is 2.30 bits per heavy atom. The Bertz CT molecular complexity index is 605. The lowest BCUT2D eigenvalue weighted by molar-refractivity contribution is 0.0940. The van der Waals surface area contributed by atoms with Crippen LogP contribution < -0.4 is 5.32 Å². The van der Waals surface area contributed by atoms with Crippen LogP contribution >= 0.6 is 11.6 Å². The molecule has 2 heterocycles. The highest BCUT2D eigenvalue weighted by Gasteiger charge is 2.16. The van der Waals surface area contributed by atoms with Crippen molar-refractivity contribution in [3.63, 3.8) is 0 Å². The van der Waals surface area contributed by atoms with E-state index in [9.17, 15) is 4.79 Å². The Morgan fingerprint density at radius 1 is 1.55 bits per heavy atom. The van der Waals surface area contributed by atoms with Crippen LogP contribution in [-0.4, -0.2) is 25.8 Å². The van der Waals surface area contributed by atoms with Gasteiger partial charge in [-0.2, -0.15) is 10.1 Å². The number of hydrogen-bond acceptors (Lipinski definition) is 5. The average molecular weight is 298 g/mol. The molecule has 0 atom stereocenters. The molecule has 2 aromatic heterocycles. The lowest BCUT2D eigenvalue weighted by Crippen LogP contribution is -2.24. The van der Waals surface area contributed by atoms with Crippen molar-refractivity contribution in [3.05, 3.63) is 28.6 Å². The molecule has 0 bridgehead atoms. The summed E-state index contributed by atoms with van der Waals surface area (Å²) in [5.74, 6) is 1.07. The third-order valence-electron chi connectivity index (χ3n) is 2.50. The molecule has 0 fully saturated rings. The molecular formula is C12H16ClN5O2. The van der Waals surface area contributed by atoms with Crippen LogP contribution in [0.3, 0.4) is 0 Å². The molecule has 0 aliphatic heterocycles. The Hall–Kier alpha value is -1.89. The van der Waals surface area contributed by atoms with Crippen LogP contribution in [0.2, 0.25) is 5.02 Å². The number of aromatic nitrogens is 4. The average Bonchev–Trinajstić information content (AvgIpc) is 2.92. The smallest absolute Gasteiger partial charge is 0.273 e. The number of carbonyl (C=O) groups is 1. The zero-order valence-electron chi connectivity index (χ0n) is 11.6. The van der Waals surface area contributed by atoms with Crippen molar-refractivity contribution in [3.8, 4) is 0 Å². The third-order valence-corrected chi connectivity index (χ3v) is 2.78. The number of amides is 1. The van der Waals surface area contributed by atoms with Crippen molar-refractivity contribution in [2.45, 2.75) is 26.8 Å². The fourth-order valence-electron chi connectivity index (χ4n) is 1.66. The van der Waals surface area contributed by atoms with Gasteiger partial charge in [-0.15, -0.1) is 0 Å². The first-order valence-corrected chi connectivity index (χ1v) is 6.62. The van der Waals surface area contributed by atoms with Crippen molar-refractivity contribution >= 4 is 17.5 Å². The molecule has 20 heavy (non-hydrogen) atoms.